The van der Waals surface area contributed by atoms with E-state index in [-0.39, 0.29) is 37.7 Å². The lowest BCUT2D eigenvalue weighted by Gasteiger charge is -2.40. The van der Waals surface area contributed by atoms with Crippen LogP contribution in [0.2, 0.25) is 0 Å². The Morgan fingerprint density at radius 1 is 1.30 bits per heavy atom. The number of nitrogens with zero attached hydrogens (tertiary/aromatic N) is 1. The normalized spacial score (nSPS) is 23.6. The van der Waals surface area contributed by atoms with Crippen LogP contribution in [0.5, 0.6) is 0 Å². The molecule has 2 heterocycles. The van der Waals surface area contributed by atoms with Gasteiger partial charge in [-0.05, 0) is 5.56 Å². The number of amides is 1. The molecule has 0 aliphatic carbocycles. The summed E-state index contributed by atoms with van der Waals surface area (Å²) in [5.41, 5.74) is -0.566. The van der Waals surface area contributed by atoms with E-state index in [1.807, 2.05) is 30.3 Å². The molecule has 3 rings (SSSR count). The molecular formula is C20H21NO6. The van der Waals surface area contributed by atoms with Crippen molar-refractivity contribution in [1.82, 2.24) is 4.90 Å². The minimum Gasteiger partial charge on any atom is -0.472 e. The molecule has 1 amide bonds. The predicted molar refractivity (Wildman–Crippen MR) is 94.8 cm³/mol. The van der Waals surface area contributed by atoms with Gasteiger partial charge >= 0.3 is 11.9 Å². The lowest BCUT2D eigenvalue weighted by Crippen LogP contribution is -2.62. The number of carbonyl (C=O) groups is 3. The molecule has 0 bridgehead atoms. The van der Waals surface area contributed by atoms with E-state index < -0.39 is 23.7 Å². The van der Waals surface area contributed by atoms with E-state index in [1.54, 1.807) is 12.2 Å². The summed E-state index contributed by atoms with van der Waals surface area (Å²) in [5, 5.41) is 0. The number of fused-ring (bicyclic) bond motifs is 1. The molecule has 142 valence electrons. The molecular weight excluding hydrogens is 350 g/mol. The standard InChI is InChI=1S/C20H21NO6/c1-14-20(10-6-7-11-25-15(2)22,21-17(23)12-18(21)27-14)19(24)26-13-16-8-4-3-5-9-16/h3-9,18H,1,10-13H2,2H3/t18-,20?/m1/s1. The van der Waals surface area contributed by atoms with Crippen molar-refractivity contribution < 1.29 is 28.6 Å². The van der Waals surface area contributed by atoms with Crippen LogP contribution in [-0.4, -0.2) is 41.1 Å². The Morgan fingerprint density at radius 2 is 2.04 bits per heavy atom. The van der Waals surface area contributed by atoms with Gasteiger partial charge in [0.25, 0.3) is 0 Å². The molecule has 2 atom stereocenters. The highest BCUT2D eigenvalue weighted by Crippen LogP contribution is 2.46. The lowest BCUT2D eigenvalue weighted by molar-refractivity contribution is -0.174. The molecule has 1 unspecified atom stereocenters. The van der Waals surface area contributed by atoms with E-state index in [2.05, 4.69) is 6.58 Å². The third kappa shape index (κ3) is 3.58. The number of ether oxygens (including phenoxy) is 3. The first-order valence-corrected chi connectivity index (χ1v) is 8.63. The van der Waals surface area contributed by atoms with Crippen molar-refractivity contribution in [2.45, 2.75) is 38.1 Å². The van der Waals surface area contributed by atoms with Crippen molar-refractivity contribution in [3.63, 3.8) is 0 Å². The summed E-state index contributed by atoms with van der Waals surface area (Å²) in [6.45, 7) is 5.32. The van der Waals surface area contributed by atoms with Gasteiger partial charge in [-0.1, -0.05) is 49.1 Å². The quantitative estimate of drug-likeness (QED) is 0.415. The van der Waals surface area contributed by atoms with Crippen molar-refractivity contribution in [2.75, 3.05) is 6.61 Å². The maximum atomic E-state index is 13.0. The largest absolute Gasteiger partial charge is 0.472 e. The van der Waals surface area contributed by atoms with Crippen LogP contribution in [0.1, 0.15) is 25.3 Å². The molecule has 2 saturated heterocycles. The Balaban J connectivity index is 1.75. The smallest absolute Gasteiger partial charge is 0.340 e. The van der Waals surface area contributed by atoms with Crippen LogP contribution in [0.25, 0.3) is 0 Å². The van der Waals surface area contributed by atoms with Gasteiger partial charge in [-0.15, -0.1) is 0 Å². The van der Waals surface area contributed by atoms with Gasteiger partial charge in [0.2, 0.25) is 11.4 Å². The molecule has 0 radical (unpaired) electrons. The highest BCUT2D eigenvalue weighted by atomic mass is 16.6. The van der Waals surface area contributed by atoms with Gasteiger partial charge < -0.3 is 14.2 Å². The van der Waals surface area contributed by atoms with Crippen LogP contribution in [0.15, 0.2) is 54.8 Å². The molecule has 0 spiro atoms. The zero-order valence-electron chi connectivity index (χ0n) is 15.1. The number of benzene rings is 1. The van der Waals surface area contributed by atoms with E-state index >= 15 is 0 Å². The van der Waals surface area contributed by atoms with E-state index in [9.17, 15) is 14.4 Å². The first-order chi connectivity index (χ1) is 12.9. The first-order valence-electron chi connectivity index (χ1n) is 8.63. The third-order valence-corrected chi connectivity index (χ3v) is 4.57. The average Bonchev–Trinajstić information content (AvgIpc) is 2.87. The van der Waals surface area contributed by atoms with E-state index in [0.29, 0.717) is 0 Å². The number of β-lactam (4-membered cyclic amide) rings is 1. The Bertz CT molecular complexity index is 787. The lowest BCUT2D eigenvalue weighted by atomic mass is 9.89. The molecule has 2 aliphatic rings. The summed E-state index contributed by atoms with van der Waals surface area (Å²) in [6.07, 6.45) is 3.12. The second-order valence-corrected chi connectivity index (χ2v) is 6.36. The van der Waals surface area contributed by atoms with Crippen LogP contribution in [0.3, 0.4) is 0 Å². The van der Waals surface area contributed by atoms with E-state index in [1.165, 1.54) is 11.8 Å². The zero-order valence-corrected chi connectivity index (χ0v) is 15.1. The van der Waals surface area contributed by atoms with Crippen LogP contribution in [0, 0.1) is 0 Å². The van der Waals surface area contributed by atoms with Crippen molar-refractivity contribution in [1.29, 1.82) is 0 Å². The van der Waals surface area contributed by atoms with Crippen molar-refractivity contribution in [2.24, 2.45) is 0 Å². The summed E-state index contributed by atoms with van der Waals surface area (Å²) in [6, 6.07) is 9.26. The second kappa shape index (κ2) is 7.65. The summed E-state index contributed by atoms with van der Waals surface area (Å²) < 4.78 is 15.9. The molecule has 7 nitrogen and oxygen atoms in total. The molecule has 1 aromatic carbocycles. The van der Waals surface area contributed by atoms with Gasteiger partial charge in [0.1, 0.15) is 19.0 Å². The Kier molecular flexibility index (Phi) is 5.30. The van der Waals surface area contributed by atoms with Crippen molar-refractivity contribution >= 4 is 17.8 Å². The monoisotopic (exact) mass is 371 g/mol. The predicted octanol–water partition coefficient (Wildman–Crippen LogP) is 2.08. The molecule has 2 aliphatic heterocycles. The maximum Gasteiger partial charge on any atom is 0.340 e. The summed E-state index contributed by atoms with van der Waals surface area (Å²) in [7, 11) is 0. The minimum absolute atomic E-state index is 0.0786. The average molecular weight is 371 g/mol. The number of esters is 2. The molecule has 0 N–H and O–H groups in total. The highest BCUT2D eigenvalue weighted by Gasteiger charge is 2.64. The number of hydrogen-bond acceptors (Lipinski definition) is 6. The minimum atomic E-state index is -1.40. The van der Waals surface area contributed by atoms with Gasteiger partial charge in [0.15, 0.2) is 6.23 Å². The third-order valence-electron chi connectivity index (χ3n) is 4.57. The van der Waals surface area contributed by atoms with Crippen molar-refractivity contribution in [3.8, 4) is 0 Å². The Labute approximate surface area is 157 Å². The molecule has 7 heteroatoms. The fourth-order valence-corrected chi connectivity index (χ4v) is 3.17. The van der Waals surface area contributed by atoms with Crippen LogP contribution in [0.4, 0.5) is 0 Å². The van der Waals surface area contributed by atoms with Crippen LogP contribution in [-0.2, 0) is 35.2 Å². The number of rotatable bonds is 7. The molecule has 2 fully saturated rings. The Morgan fingerprint density at radius 3 is 2.70 bits per heavy atom. The van der Waals surface area contributed by atoms with Gasteiger partial charge in [0.05, 0.1) is 6.42 Å². The fourth-order valence-electron chi connectivity index (χ4n) is 3.17. The second-order valence-electron chi connectivity index (χ2n) is 6.36. The van der Waals surface area contributed by atoms with Gasteiger partial charge in [0, 0.05) is 13.3 Å². The molecule has 0 saturated carbocycles. The molecule has 27 heavy (non-hydrogen) atoms. The highest BCUT2D eigenvalue weighted by molar-refractivity contribution is 5.95. The summed E-state index contributed by atoms with van der Waals surface area (Å²) in [4.78, 5) is 37.3. The topological polar surface area (TPSA) is 82.1 Å². The van der Waals surface area contributed by atoms with Gasteiger partial charge in [-0.3, -0.25) is 14.5 Å². The zero-order chi connectivity index (χ0) is 19.4. The van der Waals surface area contributed by atoms with Crippen LogP contribution >= 0.6 is 0 Å². The van der Waals surface area contributed by atoms with Gasteiger partial charge in [-0.25, -0.2) is 4.79 Å². The fraction of sp³-hybridized carbons (Fsp3) is 0.350. The summed E-state index contributed by atoms with van der Waals surface area (Å²) in [5.74, 6) is -0.996. The Hall–Kier alpha value is -3.09. The first kappa shape index (κ1) is 18.7. The molecule has 1 aromatic rings. The van der Waals surface area contributed by atoms with Gasteiger partial charge in [-0.2, -0.15) is 0 Å². The SMILES string of the molecule is C=C1O[C@@H]2CC(=O)N2C1(CC=CCOC(C)=O)C(=O)OCc1ccccc1. The van der Waals surface area contributed by atoms with E-state index in [4.69, 9.17) is 14.2 Å². The molecule has 0 aromatic heterocycles. The number of hydrogen-bond donors (Lipinski definition) is 0. The van der Waals surface area contributed by atoms with Crippen molar-refractivity contribution in [3.05, 3.63) is 60.4 Å². The van der Waals surface area contributed by atoms with E-state index in [0.717, 1.165) is 5.56 Å². The number of carbonyl (C=O) groups excluding carboxylic acids is 3. The summed E-state index contributed by atoms with van der Waals surface area (Å²) >= 11 is 0. The maximum absolute atomic E-state index is 13.0. The van der Waals surface area contributed by atoms with Crippen LogP contribution < -0.4 is 0 Å².